The minimum Gasteiger partial charge on any atom is -0.342 e. The molecule has 81 valence electrons. The van der Waals surface area contributed by atoms with Gasteiger partial charge in [0.1, 0.15) is 0 Å². The monoisotopic (exact) mass is 314 g/mol. The second-order valence-electron chi connectivity index (χ2n) is 3.72. The lowest BCUT2D eigenvalue weighted by Gasteiger charge is -2.20. The van der Waals surface area contributed by atoms with Crippen molar-refractivity contribution in [2.24, 2.45) is 0 Å². The molecule has 0 bridgehead atoms. The molecule has 1 rings (SSSR count). The molecule has 0 aliphatic rings. The number of halogens is 1. The van der Waals surface area contributed by atoms with Crippen LogP contribution in [-0.4, -0.2) is 25.3 Å². The topological polar surface area (TPSA) is 3.24 Å². The van der Waals surface area contributed by atoms with Crippen LogP contribution in [0.2, 0.25) is 0 Å². The molecule has 0 fully saturated rings. The molecule has 0 saturated carbocycles. The normalized spacial score (nSPS) is 10.7. The van der Waals surface area contributed by atoms with Gasteiger partial charge in [0, 0.05) is 3.57 Å². The van der Waals surface area contributed by atoms with Gasteiger partial charge in [0.15, 0.2) is 0 Å². The van der Waals surface area contributed by atoms with Crippen molar-refractivity contribution in [1.29, 1.82) is 0 Å². The molecule has 0 atom stereocenters. The minimum absolute atomic E-state index is 1.15. The van der Waals surface area contributed by atoms with Crippen molar-refractivity contribution >= 4 is 35.5 Å². The van der Waals surface area contributed by atoms with Crippen molar-refractivity contribution in [2.45, 2.75) is 26.7 Å². The van der Waals surface area contributed by atoms with Crippen LogP contribution in [0.1, 0.15) is 26.7 Å². The summed E-state index contributed by atoms with van der Waals surface area (Å²) >= 11 is 2.36. The van der Waals surface area contributed by atoms with Crippen molar-refractivity contribution in [1.82, 2.24) is 4.81 Å². The van der Waals surface area contributed by atoms with Gasteiger partial charge >= 0.3 is 0 Å². The van der Waals surface area contributed by atoms with Crippen molar-refractivity contribution in [3.63, 3.8) is 0 Å². The van der Waals surface area contributed by atoms with Crippen LogP contribution in [0.4, 0.5) is 0 Å². The Kier molecular flexibility index (Phi) is 6.33. The number of rotatable bonds is 6. The van der Waals surface area contributed by atoms with Crippen LogP contribution >= 0.6 is 22.6 Å². The summed E-state index contributed by atoms with van der Waals surface area (Å²) < 4.78 is 1.30. The molecule has 1 aromatic carbocycles. The number of benzene rings is 1. The first kappa shape index (κ1) is 13.0. The van der Waals surface area contributed by atoms with E-state index in [1.54, 1.807) is 0 Å². The fourth-order valence-electron chi connectivity index (χ4n) is 1.61. The molecule has 0 unspecified atom stereocenters. The number of hydrogen-bond acceptors (Lipinski definition) is 1. The predicted octanol–water partition coefficient (Wildman–Crippen LogP) is 2.66. The maximum Gasteiger partial charge on any atom is 0.247 e. The molecule has 0 aliphatic heterocycles. The molecule has 0 amide bonds. The largest absolute Gasteiger partial charge is 0.342 e. The zero-order valence-electron chi connectivity index (χ0n) is 9.54. The highest BCUT2D eigenvalue weighted by Crippen LogP contribution is 2.00. The quantitative estimate of drug-likeness (QED) is 0.576. The van der Waals surface area contributed by atoms with E-state index in [2.05, 4.69) is 72.9 Å². The first-order chi connectivity index (χ1) is 7.26. The SMILES string of the molecule is CCCN([B]c1cccc(I)c1)CCC. The Morgan fingerprint density at radius 2 is 1.87 bits per heavy atom. The zero-order chi connectivity index (χ0) is 11.1. The van der Waals surface area contributed by atoms with Gasteiger partial charge in [-0.2, -0.15) is 0 Å². The maximum atomic E-state index is 2.41. The molecular formula is C12H18BIN. The summed E-state index contributed by atoms with van der Waals surface area (Å²) in [5.74, 6) is 0. The van der Waals surface area contributed by atoms with Crippen LogP contribution < -0.4 is 5.46 Å². The number of hydrogen-bond donors (Lipinski definition) is 0. The van der Waals surface area contributed by atoms with E-state index in [1.807, 2.05) is 0 Å². The molecule has 0 N–H and O–H groups in total. The van der Waals surface area contributed by atoms with Gasteiger partial charge in [0.2, 0.25) is 7.41 Å². The summed E-state index contributed by atoms with van der Waals surface area (Å²) in [4.78, 5) is 2.41. The van der Waals surface area contributed by atoms with E-state index in [0.717, 1.165) is 13.1 Å². The summed E-state index contributed by atoms with van der Waals surface area (Å²) in [6, 6.07) is 8.63. The van der Waals surface area contributed by atoms with E-state index in [9.17, 15) is 0 Å². The van der Waals surface area contributed by atoms with Crippen molar-refractivity contribution in [3.05, 3.63) is 27.8 Å². The van der Waals surface area contributed by atoms with Crippen LogP contribution in [0.15, 0.2) is 24.3 Å². The summed E-state index contributed by atoms with van der Waals surface area (Å²) in [6.07, 6.45) is 2.42. The Balaban J connectivity index is 2.56. The van der Waals surface area contributed by atoms with E-state index in [4.69, 9.17) is 0 Å². The van der Waals surface area contributed by atoms with E-state index < -0.39 is 0 Å². The summed E-state index contributed by atoms with van der Waals surface area (Å²) in [6.45, 7) is 6.76. The lowest BCUT2D eigenvalue weighted by atomic mass is 9.80. The Hall–Kier alpha value is -0.0251. The average molecular weight is 314 g/mol. The van der Waals surface area contributed by atoms with Gasteiger partial charge in [-0.15, -0.1) is 0 Å². The second-order valence-corrected chi connectivity index (χ2v) is 4.97. The predicted molar refractivity (Wildman–Crippen MR) is 76.7 cm³/mol. The molecule has 1 aromatic rings. The van der Waals surface area contributed by atoms with E-state index in [1.165, 1.54) is 21.9 Å². The van der Waals surface area contributed by atoms with Crippen LogP contribution in [0, 0.1) is 3.57 Å². The Labute approximate surface area is 108 Å². The first-order valence-corrected chi connectivity index (χ1v) is 6.68. The highest BCUT2D eigenvalue weighted by Gasteiger charge is 2.06. The third-order valence-electron chi connectivity index (χ3n) is 2.20. The van der Waals surface area contributed by atoms with Gasteiger partial charge in [-0.3, -0.25) is 0 Å². The summed E-state index contributed by atoms with van der Waals surface area (Å²) in [7, 11) is 2.27. The van der Waals surface area contributed by atoms with Crippen molar-refractivity contribution in [2.75, 3.05) is 13.1 Å². The van der Waals surface area contributed by atoms with Crippen molar-refractivity contribution < 1.29 is 0 Å². The zero-order valence-corrected chi connectivity index (χ0v) is 11.7. The third kappa shape index (κ3) is 5.02. The number of nitrogens with zero attached hydrogens (tertiary/aromatic N) is 1. The lowest BCUT2D eigenvalue weighted by molar-refractivity contribution is 0.445. The molecule has 0 aromatic heterocycles. The van der Waals surface area contributed by atoms with Gasteiger partial charge < -0.3 is 4.81 Å². The van der Waals surface area contributed by atoms with Gasteiger partial charge in [0.25, 0.3) is 0 Å². The molecule has 0 saturated heterocycles. The van der Waals surface area contributed by atoms with E-state index >= 15 is 0 Å². The van der Waals surface area contributed by atoms with E-state index in [-0.39, 0.29) is 0 Å². The molecule has 1 nitrogen and oxygen atoms in total. The first-order valence-electron chi connectivity index (χ1n) is 5.60. The Bertz CT molecular complexity index is 285. The molecular weight excluding hydrogens is 296 g/mol. The van der Waals surface area contributed by atoms with Gasteiger partial charge in [-0.05, 0) is 54.6 Å². The lowest BCUT2D eigenvalue weighted by Crippen LogP contribution is -2.37. The molecule has 3 heteroatoms. The fraction of sp³-hybridized carbons (Fsp3) is 0.500. The van der Waals surface area contributed by atoms with Gasteiger partial charge in [-0.25, -0.2) is 0 Å². The molecule has 0 spiro atoms. The van der Waals surface area contributed by atoms with Gasteiger partial charge in [0.05, 0.1) is 0 Å². The van der Waals surface area contributed by atoms with Crippen LogP contribution in [-0.2, 0) is 0 Å². The maximum absolute atomic E-state index is 2.41. The molecule has 1 radical (unpaired) electrons. The highest BCUT2D eigenvalue weighted by molar-refractivity contribution is 14.1. The smallest absolute Gasteiger partial charge is 0.247 e. The van der Waals surface area contributed by atoms with Crippen LogP contribution in [0.5, 0.6) is 0 Å². The molecule has 0 aliphatic carbocycles. The molecule has 15 heavy (non-hydrogen) atoms. The third-order valence-corrected chi connectivity index (χ3v) is 2.87. The Morgan fingerprint density at radius 3 is 2.40 bits per heavy atom. The van der Waals surface area contributed by atoms with Crippen LogP contribution in [0.25, 0.3) is 0 Å². The summed E-state index contributed by atoms with van der Waals surface area (Å²) in [5, 5.41) is 0. The van der Waals surface area contributed by atoms with E-state index in [0.29, 0.717) is 0 Å². The minimum atomic E-state index is 1.15. The van der Waals surface area contributed by atoms with Crippen molar-refractivity contribution in [3.8, 4) is 0 Å². The molecule has 0 heterocycles. The second kappa shape index (κ2) is 7.28. The standard InChI is InChI=1S/C12H18BIN/c1-3-8-15(9-4-2)13-11-6-5-7-12(14)10-11/h5-7,10H,3-4,8-9H2,1-2H3. The summed E-state index contributed by atoms with van der Waals surface area (Å²) in [5.41, 5.74) is 1.31. The van der Waals surface area contributed by atoms with Crippen LogP contribution in [0.3, 0.4) is 0 Å². The average Bonchev–Trinajstić information content (AvgIpc) is 2.18. The Morgan fingerprint density at radius 1 is 1.20 bits per heavy atom. The highest BCUT2D eigenvalue weighted by atomic mass is 127. The van der Waals surface area contributed by atoms with Gasteiger partial charge in [-0.1, -0.05) is 37.5 Å². The fourth-order valence-corrected chi connectivity index (χ4v) is 2.18.